The molecule has 0 spiro atoms. The van der Waals surface area contributed by atoms with Crippen LogP contribution < -0.4 is 4.99 Å². The number of fused-ring (bicyclic) bond motifs is 1. The highest BCUT2D eigenvalue weighted by Gasteiger charge is 2.28. The van der Waals surface area contributed by atoms with Crippen LogP contribution in [0.25, 0.3) is 0 Å². The van der Waals surface area contributed by atoms with Crippen molar-refractivity contribution in [3.63, 3.8) is 0 Å². The molecule has 0 amide bonds. The van der Waals surface area contributed by atoms with E-state index in [1.165, 1.54) is 6.42 Å². The van der Waals surface area contributed by atoms with Gasteiger partial charge in [-0.25, -0.2) is 0 Å². The summed E-state index contributed by atoms with van der Waals surface area (Å²) in [7, 11) is 0. The fraction of sp³-hybridized carbons (Fsp3) is 0.714. The largest absolute Gasteiger partial charge is 0.281 e. The third kappa shape index (κ3) is 1.10. The van der Waals surface area contributed by atoms with Gasteiger partial charge in [-0.05, 0) is 0 Å². The minimum atomic E-state index is 0.538. The first kappa shape index (κ1) is 6.40. The van der Waals surface area contributed by atoms with Crippen molar-refractivity contribution in [2.24, 2.45) is 4.99 Å². The molecule has 0 aromatic carbocycles. The van der Waals surface area contributed by atoms with E-state index >= 15 is 0 Å². The lowest BCUT2D eigenvalue weighted by Crippen LogP contribution is -2.16. The molecular weight excluding hydrogens is 144 g/mol. The van der Waals surface area contributed by atoms with Crippen molar-refractivity contribution in [3.8, 4) is 0 Å². The molecule has 1 radical (unpaired) electrons. The highest BCUT2D eigenvalue weighted by molar-refractivity contribution is 8.12. The topological polar surface area (TPSA) is 26.5 Å². The third-order valence-corrected chi connectivity index (χ3v) is 3.08. The van der Waals surface area contributed by atoms with E-state index in [0.29, 0.717) is 6.04 Å². The molecule has 2 aliphatic heterocycles. The zero-order chi connectivity index (χ0) is 6.81. The number of rotatable bonds is 0. The van der Waals surface area contributed by atoms with Gasteiger partial charge < -0.3 is 0 Å². The number of hydrogen-bond donors (Lipinski definition) is 0. The Labute approximate surface area is 64.8 Å². The van der Waals surface area contributed by atoms with Crippen LogP contribution in [-0.2, 0) is 0 Å². The Morgan fingerprint density at radius 3 is 3.60 bits per heavy atom. The maximum absolute atomic E-state index is 4.36. The van der Waals surface area contributed by atoms with Crippen LogP contribution in [0, 0.1) is 0 Å². The second kappa shape index (κ2) is 2.74. The standard InChI is InChI=1S/C7H10N2S/c1-3-8-4-2-7-6(1)9-5-10-7/h3,5-7H,1-2,4H2/q+1. The highest BCUT2D eigenvalue weighted by atomic mass is 32.2. The highest BCUT2D eigenvalue weighted by Crippen LogP contribution is 2.26. The Balaban J connectivity index is 2.07. The van der Waals surface area contributed by atoms with Gasteiger partial charge in [-0.3, -0.25) is 4.99 Å². The Morgan fingerprint density at radius 2 is 2.60 bits per heavy atom. The first-order valence-corrected chi connectivity index (χ1v) is 4.56. The van der Waals surface area contributed by atoms with E-state index in [9.17, 15) is 0 Å². The fourth-order valence-corrected chi connectivity index (χ4v) is 2.31. The van der Waals surface area contributed by atoms with Gasteiger partial charge in [-0.15, -0.1) is 11.8 Å². The van der Waals surface area contributed by atoms with Crippen LogP contribution in [-0.4, -0.2) is 29.6 Å². The second-order valence-electron chi connectivity index (χ2n) is 2.61. The monoisotopic (exact) mass is 154 g/mol. The van der Waals surface area contributed by atoms with Crippen molar-refractivity contribution in [2.45, 2.75) is 24.1 Å². The van der Waals surface area contributed by atoms with Gasteiger partial charge >= 0.3 is 0 Å². The van der Waals surface area contributed by atoms with E-state index in [1.54, 1.807) is 0 Å². The summed E-state index contributed by atoms with van der Waals surface area (Å²) in [4.78, 5) is 8.61. The first-order valence-electron chi connectivity index (χ1n) is 3.62. The van der Waals surface area contributed by atoms with Crippen molar-refractivity contribution >= 4 is 23.5 Å². The van der Waals surface area contributed by atoms with Gasteiger partial charge in [0.2, 0.25) is 12.8 Å². The molecule has 2 atom stereocenters. The first-order chi connectivity index (χ1) is 4.97. The zero-order valence-corrected chi connectivity index (χ0v) is 6.55. The van der Waals surface area contributed by atoms with Crippen LogP contribution in [0.3, 0.4) is 0 Å². The summed E-state index contributed by atoms with van der Waals surface area (Å²) in [5.74, 6) is 0. The van der Waals surface area contributed by atoms with Gasteiger partial charge in [0.25, 0.3) is 0 Å². The SMILES string of the molecule is C1=NC2CC=[N+]CCC2S1. The molecule has 0 N–H and O–H groups in total. The number of nitrogens with zero attached hydrogens (tertiary/aromatic N) is 2. The molecular formula is C7H10N2S+. The van der Waals surface area contributed by atoms with Gasteiger partial charge in [0, 0.05) is 16.7 Å². The molecule has 2 heterocycles. The third-order valence-electron chi connectivity index (χ3n) is 1.94. The average molecular weight is 154 g/mol. The smallest absolute Gasteiger partial charge is 0.213 e. The van der Waals surface area contributed by atoms with Crippen molar-refractivity contribution < 1.29 is 0 Å². The van der Waals surface area contributed by atoms with Crippen LogP contribution >= 0.6 is 11.8 Å². The summed E-state index contributed by atoms with van der Waals surface area (Å²) in [6.07, 6.45) is 4.27. The molecule has 2 unspecified atom stereocenters. The summed E-state index contributed by atoms with van der Waals surface area (Å²) < 4.78 is 0. The Morgan fingerprint density at radius 1 is 1.60 bits per heavy atom. The normalized spacial score (nSPS) is 37.6. The van der Waals surface area contributed by atoms with Gasteiger partial charge in [0.05, 0.1) is 18.0 Å². The molecule has 0 fully saturated rings. The number of aliphatic imine (C=N–C) groups is 2. The van der Waals surface area contributed by atoms with E-state index in [2.05, 4.69) is 9.98 Å². The minimum Gasteiger partial charge on any atom is -0.281 e. The Bertz CT molecular complexity index is 176. The maximum Gasteiger partial charge on any atom is 0.213 e. The van der Waals surface area contributed by atoms with Crippen LogP contribution in [0.5, 0.6) is 0 Å². The molecule has 2 aliphatic rings. The molecule has 0 aromatic heterocycles. The average Bonchev–Trinajstić information content (AvgIpc) is 2.28. The number of thioether (sulfide) groups is 1. The summed E-state index contributed by atoms with van der Waals surface area (Å²) in [6, 6.07) is 0.538. The molecule has 53 valence electrons. The molecule has 0 aromatic rings. The fourth-order valence-electron chi connectivity index (χ4n) is 1.33. The summed E-state index contributed by atoms with van der Waals surface area (Å²) >= 11 is 1.87. The van der Waals surface area contributed by atoms with Crippen molar-refractivity contribution in [3.05, 3.63) is 0 Å². The summed E-state index contributed by atoms with van der Waals surface area (Å²) in [6.45, 7) is 0.998. The Hall–Kier alpha value is -0.310. The van der Waals surface area contributed by atoms with Crippen LogP contribution in [0.4, 0.5) is 0 Å². The van der Waals surface area contributed by atoms with Gasteiger partial charge in [-0.1, -0.05) is 0 Å². The van der Waals surface area contributed by atoms with Crippen molar-refractivity contribution in [1.29, 1.82) is 0 Å². The molecule has 2 nitrogen and oxygen atoms in total. The summed E-state index contributed by atoms with van der Waals surface area (Å²) in [5, 5.41) is 0.725. The van der Waals surface area contributed by atoms with E-state index < -0.39 is 0 Å². The van der Waals surface area contributed by atoms with Gasteiger partial charge in [0.1, 0.15) is 0 Å². The second-order valence-corrected chi connectivity index (χ2v) is 3.70. The predicted molar refractivity (Wildman–Crippen MR) is 46.0 cm³/mol. The summed E-state index contributed by atoms with van der Waals surface area (Å²) in [5.41, 5.74) is 1.99. The number of hydrogen-bond acceptors (Lipinski definition) is 3. The van der Waals surface area contributed by atoms with Crippen LogP contribution in [0.15, 0.2) is 4.99 Å². The molecule has 0 bridgehead atoms. The molecule has 0 saturated carbocycles. The minimum absolute atomic E-state index is 0.538. The van der Waals surface area contributed by atoms with Gasteiger partial charge in [0.15, 0.2) is 0 Å². The quantitative estimate of drug-likeness (QED) is 0.504. The molecule has 10 heavy (non-hydrogen) atoms. The predicted octanol–water partition coefficient (Wildman–Crippen LogP) is 0.699. The van der Waals surface area contributed by atoms with E-state index in [0.717, 1.165) is 18.2 Å². The molecule has 2 rings (SSSR count). The zero-order valence-electron chi connectivity index (χ0n) is 5.73. The van der Waals surface area contributed by atoms with E-state index in [1.807, 2.05) is 23.5 Å². The molecule has 3 heteroatoms. The van der Waals surface area contributed by atoms with Gasteiger partial charge in [-0.2, -0.15) is 0 Å². The van der Waals surface area contributed by atoms with E-state index in [4.69, 9.17) is 0 Å². The van der Waals surface area contributed by atoms with E-state index in [-0.39, 0.29) is 0 Å². The lowest BCUT2D eigenvalue weighted by atomic mass is 10.1. The molecule has 0 saturated heterocycles. The Kier molecular flexibility index (Phi) is 1.76. The lowest BCUT2D eigenvalue weighted by Gasteiger charge is -2.08. The van der Waals surface area contributed by atoms with Crippen LogP contribution in [0.1, 0.15) is 12.8 Å². The van der Waals surface area contributed by atoms with Crippen LogP contribution in [0.2, 0.25) is 0 Å². The van der Waals surface area contributed by atoms with Crippen molar-refractivity contribution in [1.82, 2.24) is 4.99 Å². The molecule has 0 aliphatic carbocycles. The maximum atomic E-state index is 4.36. The van der Waals surface area contributed by atoms with Crippen molar-refractivity contribution in [2.75, 3.05) is 6.54 Å². The lowest BCUT2D eigenvalue weighted by molar-refractivity contribution is 0.652.